The van der Waals surface area contributed by atoms with Gasteiger partial charge in [-0.2, -0.15) is 0 Å². The van der Waals surface area contributed by atoms with E-state index in [0.29, 0.717) is 0 Å². The molecule has 0 amide bonds. The van der Waals surface area contributed by atoms with Crippen molar-refractivity contribution in [1.82, 2.24) is 5.16 Å². The number of anilines is 1. The van der Waals surface area contributed by atoms with Gasteiger partial charge in [-0.3, -0.25) is 0 Å². The second kappa shape index (κ2) is 3.62. The number of halogens is 3. The van der Waals surface area contributed by atoms with Gasteiger partial charge in [-0.05, 0) is 28.1 Å². The normalized spacial score (nSPS) is 10.6. The molecule has 1 aromatic carbocycles. The minimum absolute atomic E-state index is 0.0145. The van der Waals surface area contributed by atoms with Crippen molar-refractivity contribution in [1.29, 1.82) is 0 Å². The molecule has 0 spiro atoms. The minimum atomic E-state index is -0.605. The highest BCUT2D eigenvalue weighted by molar-refractivity contribution is 9.10. The topological polar surface area (TPSA) is 52.0 Å². The fraction of sp³-hybridized carbons (Fsp3) is 0. The van der Waals surface area contributed by atoms with Gasteiger partial charge in [-0.1, -0.05) is 5.16 Å². The van der Waals surface area contributed by atoms with Crippen LogP contribution in [0, 0.1) is 11.6 Å². The molecule has 2 aromatic rings. The van der Waals surface area contributed by atoms with E-state index in [1.54, 1.807) is 0 Å². The lowest BCUT2D eigenvalue weighted by Gasteiger charge is -2.02. The predicted octanol–water partition coefficient (Wildman–Crippen LogP) is 2.96. The molecule has 78 valence electrons. The Hall–Kier alpha value is -1.43. The second-order valence-corrected chi connectivity index (χ2v) is 3.71. The van der Waals surface area contributed by atoms with Gasteiger partial charge in [0.2, 0.25) is 5.88 Å². The lowest BCUT2D eigenvalue weighted by Crippen LogP contribution is -1.91. The van der Waals surface area contributed by atoms with Crippen molar-refractivity contribution in [3.63, 3.8) is 0 Å². The molecule has 1 aromatic heterocycles. The van der Waals surface area contributed by atoms with E-state index in [-0.39, 0.29) is 21.5 Å². The molecule has 0 unspecified atom stereocenters. The van der Waals surface area contributed by atoms with Crippen LogP contribution < -0.4 is 5.73 Å². The summed E-state index contributed by atoms with van der Waals surface area (Å²) in [5, 5.41) is 3.39. The zero-order valence-electron chi connectivity index (χ0n) is 7.30. The molecule has 6 heteroatoms. The number of rotatable bonds is 1. The van der Waals surface area contributed by atoms with Gasteiger partial charge in [-0.25, -0.2) is 8.78 Å². The monoisotopic (exact) mass is 274 g/mol. The maximum absolute atomic E-state index is 13.6. The Kier molecular flexibility index (Phi) is 2.44. The molecule has 0 aliphatic carbocycles. The van der Waals surface area contributed by atoms with E-state index in [2.05, 4.69) is 25.6 Å². The van der Waals surface area contributed by atoms with Crippen molar-refractivity contribution < 1.29 is 13.3 Å². The third-order valence-electron chi connectivity index (χ3n) is 1.88. The molecule has 1 heterocycles. The summed E-state index contributed by atoms with van der Waals surface area (Å²) >= 11 is 2.90. The summed E-state index contributed by atoms with van der Waals surface area (Å²) in [6.07, 6.45) is 1.24. The molecule has 0 saturated carbocycles. The molecule has 0 saturated heterocycles. The zero-order chi connectivity index (χ0) is 11.0. The molecule has 2 rings (SSSR count). The van der Waals surface area contributed by atoms with E-state index in [9.17, 15) is 8.78 Å². The van der Waals surface area contributed by atoms with Crippen LogP contribution in [0.3, 0.4) is 0 Å². The minimum Gasteiger partial charge on any atom is -0.367 e. The van der Waals surface area contributed by atoms with Crippen LogP contribution in [0.4, 0.5) is 14.7 Å². The molecule has 0 atom stereocenters. The Morgan fingerprint density at radius 2 is 2.00 bits per heavy atom. The first-order chi connectivity index (χ1) is 7.09. The number of hydrogen-bond acceptors (Lipinski definition) is 3. The number of aromatic nitrogens is 1. The Bertz CT molecular complexity index is 513. The predicted molar refractivity (Wildman–Crippen MR) is 54.0 cm³/mol. The standard InChI is InChI=1S/C9H5BrF2N2O/c10-7-2-4(11)1-5(8(7)12)6-3-14-15-9(6)13/h1-3H,13H2. The van der Waals surface area contributed by atoms with Crippen LogP contribution in [0.25, 0.3) is 11.1 Å². The van der Waals surface area contributed by atoms with Crippen molar-refractivity contribution in [3.05, 3.63) is 34.4 Å². The summed E-state index contributed by atoms with van der Waals surface area (Å²) in [4.78, 5) is 0. The molecule has 3 nitrogen and oxygen atoms in total. The first-order valence-corrected chi connectivity index (χ1v) is 4.74. The first kappa shape index (κ1) is 10.1. The van der Waals surface area contributed by atoms with E-state index < -0.39 is 11.6 Å². The number of nitrogens with two attached hydrogens (primary N) is 1. The maximum atomic E-state index is 13.6. The summed E-state index contributed by atoms with van der Waals surface area (Å²) in [6.45, 7) is 0. The number of benzene rings is 1. The Morgan fingerprint density at radius 1 is 1.27 bits per heavy atom. The zero-order valence-corrected chi connectivity index (χ0v) is 8.88. The van der Waals surface area contributed by atoms with Gasteiger partial charge in [0.15, 0.2) is 0 Å². The van der Waals surface area contributed by atoms with Crippen molar-refractivity contribution in [2.45, 2.75) is 0 Å². The lowest BCUT2D eigenvalue weighted by molar-refractivity contribution is 0.436. The van der Waals surface area contributed by atoms with Crippen molar-refractivity contribution in [3.8, 4) is 11.1 Å². The Morgan fingerprint density at radius 3 is 2.60 bits per heavy atom. The quantitative estimate of drug-likeness (QED) is 0.814. The van der Waals surface area contributed by atoms with Gasteiger partial charge in [0.25, 0.3) is 0 Å². The molecule has 0 aliphatic rings. The van der Waals surface area contributed by atoms with Gasteiger partial charge in [0, 0.05) is 5.56 Å². The van der Waals surface area contributed by atoms with Gasteiger partial charge in [-0.15, -0.1) is 0 Å². The summed E-state index contributed by atoms with van der Waals surface area (Å²) in [5.74, 6) is -1.23. The van der Waals surface area contributed by atoms with Crippen LogP contribution in [0.2, 0.25) is 0 Å². The van der Waals surface area contributed by atoms with E-state index >= 15 is 0 Å². The van der Waals surface area contributed by atoms with Crippen LogP contribution >= 0.6 is 15.9 Å². The highest BCUT2D eigenvalue weighted by Gasteiger charge is 2.15. The van der Waals surface area contributed by atoms with Crippen LogP contribution in [0.5, 0.6) is 0 Å². The molecular weight excluding hydrogens is 270 g/mol. The highest BCUT2D eigenvalue weighted by atomic mass is 79.9. The van der Waals surface area contributed by atoms with Crippen LogP contribution in [0.1, 0.15) is 0 Å². The first-order valence-electron chi connectivity index (χ1n) is 3.94. The van der Waals surface area contributed by atoms with Crippen molar-refractivity contribution in [2.24, 2.45) is 0 Å². The molecule has 0 aliphatic heterocycles. The Balaban J connectivity index is 2.68. The van der Waals surface area contributed by atoms with E-state index in [0.717, 1.165) is 12.1 Å². The smallest absolute Gasteiger partial charge is 0.230 e. The average molecular weight is 275 g/mol. The second-order valence-electron chi connectivity index (χ2n) is 2.85. The van der Waals surface area contributed by atoms with Crippen molar-refractivity contribution >= 4 is 21.8 Å². The SMILES string of the molecule is Nc1oncc1-c1cc(F)cc(Br)c1F. The van der Waals surface area contributed by atoms with Crippen LogP contribution in [0.15, 0.2) is 27.3 Å². The van der Waals surface area contributed by atoms with Gasteiger partial charge < -0.3 is 10.3 Å². The summed E-state index contributed by atoms with van der Waals surface area (Å²) in [6, 6.07) is 2.06. The van der Waals surface area contributed by atoms with E-state index in [1.165, 1.54) is 6.20 Å². The molecule has 2 N–H and O–H groups in total. The van der Waals surface area contributed by atoms with E-state index in [1.807, 2.05) is 0 Å². The summed E-state index contributed by atoms with van der Waals surface area (Å²) in [5.41, 5.74) is 5.65. The third-order valence-corrected chi connectivity index (χ3v) is 2.46. The third kappa shape index (κ3) is 1.72. The summed E-state index contributed by atoms with van der Waals surface area (Å²) < 4.78 is 31.2. The molecule has 0 bridgehead atoms. The summed E-state index contributed by atoms with van der Waals surface area (Å²) in [7, 11) is 0. The lowest BCUT2D eigenvalue weighted by atomic mass is 10.1. The molecular formula is C9H5BrF2N2O. The van der Waals surface area contributed by atoms with Crippen molar-refractivity contribution in [2.75, 3.05) is 5.73 Å². The van der Waals surface area contributed by atoms with Gasteiger partial charge >= 0.3 is 0 Å². The number of nitrogen functional groups attached to an aromatic ring is 1. The van der Waals surface area contributed by atoms with E-state index in [4.69, 9.17) is 5.73 Å². The number of nitrogens with zero attached hydrogens (tertiary/aromatic N) is 1. The van der Waals surface area contributed by atoms with Gasteiger partial charge in [0.05, 0.1) is 16.2 Å². The maximum Gasteiger partial charge on any atom is 0.230 e. The van der Waals surface area contributed by atoms with Crippen LogP contribution in [-0.2, 0) is 0 Å². The fourth-order valence-electron chi connectivity index (χ4n) is 1.20. The van der Waals surface area contributed by atoms with Crippen LogP contribution in [-0.4, -0.2) is 5.16 Å². The fourth-order valence-corrected chi connectivity index (χ4v) is 1.64. The van der Waals surface area contributed by atoms with Gasteiger partial charge in [0.1, 0.15) is 11.6 Å². The highest BCUT2D eigenvalue weighted by Crippen LogP contribution is 2.32. The average Bonchev–Trinajstić information content (AvgIpc) is 2.58. The number of hydrogen-bond donors (Lipinski definition) is 1. The Labute approximate surface area is 92.0 Å². The largest absolute Gasteiger partial charge is 0.367 e. The molecule has 0 fully saturated rings. The molecule has 15 heavy (non-hydrogen) atoms. The molecule has 0 radical (unpaired) electrons.